The lowest BCUT2D eigenvalue weighted by Gasteiger charge is -2.33. The molecular weight excluding hydrogens is 487 g/mol. The van der Waals surface area contributed by atoms with E-state index >= 15 is 0 Å². The average Bonchev–Trinajstić information content (AvgIpc) is 3.65. The van der Waals surface area contributed by atoms with Crippen LogP contribution in [0.1, 0.15) is 60.1 Å². The molecule has 0 aliphatic carbocycles. The second kappa shape index (κ2) is 8.94. The number of ether oxygens (including phenoxy) is 1. The van der Waals surface area contributed by atoms with Crippen molar-refractivity contribution >= 4 is 28.4 Å². The minimum atomic E-state index is -2.93. The van der Waals surface area contributed by atoms with Gasteiger partial charge in [-0.1, -0.05) is 18.2 Å². The number of carbonyl (C=O) groups is 1. The first-order valence-corrected chi connectivity index (χ1v) is 12.1. The molecule has 0 saturated carbocycles. The predicted molar refractivity (Wildman–Crippen MR) is 128 cm³/mol. The molecule has 4 aromatic rings. The number of fused-ring (bicyclic) bond motifs is 3. The molecule has 3 aromatic heterocycles. The number of amides is 1. The van der Waals surface area contributed by atoms with Crippen molar-refractivity contribution in [2.45, 2.75) is 44.2 Å². The number of likely N-dealkylation sites (tertiary alicyclic amines) is 1. The topological polar surface area (TPSA) is 97.5 Å². The maximum atomic E-state index is 14.8. The van der Waals surface area contributed by atoms with E-state index in [2.05, 4.69) is 25.4 Å². The monoisotopic (exact) mass is 511 g/mol. The molecule has 2 fully saturated rings. The van der Waals surface area contributed by atoms with Crippen LogP contribution in [0.4, 0.5) is 19.0 Å². The molecule has 0 radical (unpaired) electrons. The fourth-order valence-electron chi connectivity index (χ4n) is 5.51. The number of nitrogens with zero attached hydrogens (tertiary/aromatic N) is 6. The highest BCUT2D eigenvalue weighted by Crippen LogP contribution is 2.38. The lowest BCUT2D eigenvalue weighted by atomic mass is 9.95. The van der Waals surface area contributed by atoms with E-state index < -0.39 is 23.8 Å². The molecule has 1 spiro atoms. The van der Waals surface area contributed by atoms with Gasteiger partial charge in [0.15, 0.2) is 11.3 Å². The lowest BCUT2D eigenvalue weighted by Crippen LogP contribution is -2.48. The Bertz CT molecular complexity index is 1500. The van der Waals surface area contributed by atoms with Crippen molar-refractivity contribution in [1.29, 1.82) is 0 Å². The van der Waals surface area contributed by atoms with Crippen LogP contribution in [0.2, 0.25) is 0 Å². The van der Waals surface area contributed by atoms with Crippen LogP contribution < -0.4 is 5.32 Å². The summed E-state index contributed by atoms with van der Waals surface area (Å²) in [6.07, 6.45) is 2.30. The van der Waals surface area contributed by atoms with Crippen LogP contribution >= 0.6 is 0 Å². The first-order valence-electron chi connectivity index (χ1n) is 12.1. The van der Waals surface area contributed by atoms with E-state index in [1.807, 2.05) is 4.90 Å². The van der Waals surface area contributed by atoms with Crippen molar-refractivity contribution in [2.24, 2.45) is 0 Å². The summed E-state index contributed by atoms with van der Waals surface area (Å²) in [5, 5.41) is 7.85. The van der Waals surface area contributed by atoms with Crippen molar-refractivity contribution in [1.82, 2.24) is 29.5 Å². The molecule has 2 aliphatic rings. The molecule has 2 aliphatic heterocycles. The third-order valence-corrected chi connectivity index (χ3v) is 7.41. The van der Waals surface area contributed by atoms with Crippen LogP contribution in [0.15, 0.2) is 36.9 Å². The van der Waals surface area contributed by atoms with Gasteiger partial charge in [-0.2, -0.15) is 9.61 Å². The van der Waals surface area contributed by atoms with E-state index in [-0.39, 0.29) is 17.0 Å². The number of rotatable bonds is 5. The van der Waals surface area contributed by atoms with Gasteiger partial charge in [0.25, 0.3) is 12.3 Å². The second-order valence-corrected chi connectivity index (χ2v) is 9.52. The Morgan fingerprint density at radius 1 is 1.14 bits per heavy atom. The summed E-state index contributed by atoms with van der Waals surface area (Å²) in [5.41, 5.74) is 0.200. The summed E-state index contributed by atoms with van der Waals surface area (Å²) in [5.74, 6) is -0.837. The number of halogens is 3. The number of benzene rings is 1. The highest BCUT2D eigenvalue weighted by Gasteiger charge is 2.47. The van der Waals surface area contributed by atoms with Gasteiger partial charge in [0.05, 0.1) is 34.7 Å². The molecule has 37 heavy (non-hydrogen) atoms. The van der Waals surface area contributed by atoms with Gasteiger partial charge in [-0.15, -0.1) is 0 Å². The van der Waals surface area contributed by atoms with Gasteiger partial charge in [-0.3, -0.25) is 4.79 Å². The van der Waals surface area contributed by atoms with Crippen molar-refractivity contribution in [2.75, 3.05) is 25.1 Å². The van der Waals surface area contributed by atoms with Crippen molar-refractivity contribution < 1.29 is 22.7 Å². The Kier molecular flexibility index (Phi) is 5.70. The maximum Gasteiger partial charge on any atom is 0.266 e. The quantitative estimate of drug-likeness (QED) is 0.426. The molecule has 1 N–H and O–H groups in total. The first kappa shape index (κ1) is 23.6. The molecule has 1 aromatic carbocycles. The van der Waals surface area contributed by atoms with E-state index in [4.69, 9.17) is 4.74 Å². The summed E-state index contributed by atoms with van der Waals surface area (Å²) >= 11 is 0. The molecule has 1 amide bonds. The van der Waals surface area contributed by atoms with Crippen LogP contribution in [-0.2, 0) is 4.74 Å². The van der Waals surface area contributed by atoms with E-state index in [0.29, 0.717) is 47.8 Å². The third-order valence-electron chi connectivity index (χ3n) is 7.41. The number of hydrogen-bond donors (Lipinski definition) is 1. The number of anilines is 1. The SMILES string of the molecule is C[C@@H](Nc1ncnc2c1cc(C(=O)N1CCCC13CCOC3)c1ncnn12)c1cccc(C(F)F)c1F. The molecule has 1 unspecified atom stereocenters. The van der Waals surface area contributed by atoms with Gasteiger partial charge in [0.2, 0.25) is 0 Å². The smallest absolute Gasteiger partial charge is 0.266 e. The molecule has 5 heterocycles. The van der Waals surface area contributed by atoms with Gasteiger partial charge < -0.3 is 15.0 Å². The Morgan fingerprint density at radius 2 is 1.95 bits per heavy atom. The summed E-state index contributed by atoms with van der Waals surface area (Å²) in [7, 11) is 0. The minimum Gasteiger partial charge on any atom is -0.379 e. The Hall–Kier alpha value is -3.80. The zero-order valence-electron chi connectivity index (χ0n) is 20.0. The highest BCUT2D eigenvalue weighted by molar-refractivity contribution is 6.05. The fraction of sp³-hybridized carbons (Fsp3) is 0.400. The molecule has 12 heteroatoms. The van der Waals surface area contributed by atoms with Crippen molar-refractivity contribution in [3.8, 4) is 0 Å². The van der Waals surface area contributed by atoms with Gasteiger partial charge in [0.1, 0.15) is 24.3 Å². The Morgan fingerprint density at radius 3 is 2.73 bits per heavy atom. The molecule has 2 atom stereocenters. The number of aromatic nitrogens is 5. The number of carbonyl (C=O) groups excluding carboxylic acids is 1. The van der Waals surface area contributed by atoms with E-state index in [1.165, 1.54) is 29.3 Å². The molecule has 2 saturated heterocycles. The predicted octanol–water partition coefficient (Wildman–Crippen LogP) is 4.32. The van der Waals surface area contributed by atoms with Crippen LogP contribution in [0.3, 0.4) is 0 Å². The lowest BCUT2D eigenvalue weighted by molar-refractivity contribution is 0.0551. The summed E-state index contributed by atoms with van der Waals surface area (Å²) in [6.45, 7) is 3.39. The minimum absolute atomic E-state index is 0.0722. The number of alkyl halides is 2. The zero-order chi connectivity index (χ0) is 25.7. The van der Waals surface area contributed by atoms with Gasteiger partial charge in [-0.25, -0.2) is 28.1 Å². The molecular formula is C25H24F3N7O2. The van der Waals surface area contributed by atoms with Crippen LogP contribution in [0.25, 0.3) is 16.7 Å². The van der Waals surface area contributed by atoms with Crippen LogP contribution in [-0.4, -0.2) is 60.7 Å². The van der Waals surface area contributed by atoms with E-state index in [9.17, 15) is 18.0 Å². The summed E-state index contributed by atoms with van der Waals surface area (Å²) in [4.78, 5) is 28.7. The van der Waals surface area contributed by atoms with Gasteiger partial charge in [-0.05, 0) is 32.3 Å². The fourth-order valence-corrected chi connectivity index (χ4v) is 5.51. The molecule has 0 bridgehead atoms. The summed E-state index contributed by atoms with van der Waals surface area (Å²) in [6, 6.07) is 4.87. The largest absolute Gasteiger partial charge is 0.379 e. The zero-order valence-corrected chi connectivity index (χ0v) is 20.0. The molecule has 192 valence electrons. The van der Waals surface area contributed by atoms with E-state index in [0.717, 1.165) is 25.3 Å². The Labute approximate surface area is 209 Å². The standard InChI is InChI=1S/C25H24F3N7O2/c1-14(15-4-2-5-16(19(15)26)20(27)28)33-21-17-10-18(23-31-13-32-35(23)22(17)30-12-29-21)24(36)34-8-3-6-25(34)7-9-37-11-25/h2,4-5,10,12-14,20H,3,6-9,11H2,1H3,(H,29,30,33)/t14-,25?/m1/s1. The van der Waals surface area contributed by atoms with Crippen molar-refractivity contribution in [3.05, 3.63) is 59.4 Å². The number of pyridine rings is 1. The first-order chi connectivity index (χ1) is 17.9. The van der Waals surface area contributed by atoms with Gasteiger partial charge in [0, 0.05) is 18.7 Å². The molecule has 9 nitrogen and oxygen atoms in total. The number of nitrogens with one attached hydrogen (secondary N) is 1. The normalized spacial score (nSPS) is 20.5. The Balaban J connectivity index is 1.43. The van der Waals surface area contributed by atoms with Crippen molar-refractivity contribution in [3.63, 3.8) is 0 Å². The number of hydrogen-bond acceptors (Lipinski definition) is 7. The summed E-state index contributed by atoms with van der Waals surface area (Å²) < 4.78 is 48.4. The second-order valence-electron chi connectivity index (χ2n) is 9.52. The maximum absolute atomic E-state index is 14.8. The van der Waals surface area contributed by atoms with Crippen LogP contribution in [0, 0.1) is 5.82 Å². The van der Waals surface area contributed by atoms with E-state index in [1.54, 1.807) is 13.0 Å². The molecule has 6 rings (SSSR count). The third kappa shape index (κ3) is 3.78. The van der Waals surface area contributed by atoms with Crippen LogP contribution in [0.5, 0.6) is 0 Å². The average molecular weight is 512 g/mol. The van der Waals surface area contributed by atoms with Gasteiger partial charge >= 0.3 is 0 Å². The highest BCUT2D eigenvalue weighted by atomic mass is 19.3.